The van der Waals surface area contributed by atoms with Crippen molar-refractivity contribution in [3.63, 3.8) is 0 Å². The van der Waals surface area contributed by atoms with Gasteiger partial charge < -0.3 is 9.79 Å². The molecule has 5 heteroatoms. The highest BCUT2D eigenvalue weighted by Gasteiger charge is 2.12. The maximum Gasteiger partial charge on any atom is 0.325 e. The molecule has 1 aromatic heterocycles. The SMILES string of the molecule is O=P(O)(O)CCCCCc1ccc(CCCCCc2ccccc2)c2cccnc12. The summed E-state index contributed by atoms with van der Waals surface area (Å²) >= 11 is 0. The Labute approximate surface area is 179 Å². The van der Waals surface area contributed by atoms with Crippen molar-refractivity contribution in [3.05, 3.63) is 77.5 Å². The van der Waals surface area contributed by atoms with E-state index in [9.17, 15) is 4.57 Å². The average Bonchev–Trinajstić information content (AvgIpc) is 2.74. The van der Waals surface area contributed by atoms with Gasteiger partial charge in [0.2, 0.25) is 0 Å². The molecule has 0 unspecified atom stereocenters. The maximum absolute atomic E-state index is 11.0. The second kappa shape index (κ2) is 11.4. The zero-order valence-corrected chi connectivity index (χ0v) is 18.4. The highest BCUT2D eigenvalue weighted by molar-refractivity contribution is 7.51. The van der Waals surface area contributed by atoms with Gasteiger partial charge in [-0.1, -0.05) is 61.4 Å². The average molecular weight is 426 g/mol. The van der Waals surface area contributed by atoms with Gasteiger partial charge in [0.15, 0.2) is 0 Å². The third-order valence-electron chi connectivity index (χ3n) is 5.59. The van der Waals surface area contributed by atoms with Gasteiger partial charge >= 0.3 is 7.60 Å². The Morgan fingerprint density at radius 3 is 2.13 bits per heavy atom. The van der Waals surface area contributed by atoms with Crippen molar-refractivity contribution in [2.45, 2.75) is 57.8 Å². The second-order valence-corrected chi connectivity index (χ2v) is 9.81. The minimum absolute atomic E-state index is 0.0186. The van der Waals surface area contributed by atoms with E-state index in [1.807, 2.05) is 12.3 Å². The monoisotopic (exact) mass is 425 g/mol. The van der Waals surface area contributed by atoms with Crippen molar-refractivity contribution in [1.29, 1.82) is 0 Å². The number of hydrogen-bond acceptors (Lipinski definition) is 2. The van der Waals surface area contributed by atoms with Crippen LogP contribution in [0, 0.1) is 0 Å². The normalized spacial score (nSPS) is 11.8. The quantitative estimate of drug-likeness (QED) is 0.272. The van der Waals surface area contributed by atoms with E-state index in [2.05, 4.69) is 53.5 Å². The lowest BCUT2D eigenvalue weighted by atomic mass is 9.96. The summed E-state index contributed by atoms with van der Waals surface area (Å²) in [6.45, 7) is 0. The molecule has 0 saturated carbocycles. The lowest BCUT2D eigenvalue weighted by Crippen LogP contribution is -1.96. The molecule has 0 amide bonds. The van der Waals surface area contributed by atoms with Gasteiger partial charge in [-0.05, 0) is 67.7 Å². The van der Waals surface area contributed by atoms with Crippen molar-refractivity contribution in [1.82, 2.24) is 4.98 Å². The van der Waals surface area contributed by atoms with Crippen LogP contribution in [0.4, 0.5) is 0 Å². The lowest BCUT2D eigenvalue weighted by Gasteiger charge is -2.11. The number of benzene rings is 2. The van der Waals surface area contributed by atoms with Crippen LogP contribution in [0.1, 0.15) is 55.2 Å². The first kappa shape index (κ1) is 22.7. The molecule has 2 N–H and O–H groups in total. The molecule has 4 nitrogen and oxygen atoms in total. The molecular weight excluding hydrogens is 393 g/mol. The van der Waals surface area contributed by atoms with Crippen LogP contribution in [0.2, 0.25) is 0 Å². The molecule has 0 atom stereocenters. The topological polar surface area (TPSA) is 70.4 Å². The van der Waals surface area contributed by atoms with Crippen LogP contribution in [0.25, 0.3) is 10.9 Å². The summed E-state index contributed by atoms with van der Waals surface area (Å²) in [5.74, 6) is 0. The molecule has 0 fully saturated rings. The Balaban J connectivity index is 1.51. The molecule has 0 aliphatic rings. The maximum atomic E-state index is 11.0. The van der Waals surface area contributed by atoms with E-state index in [-0.39, 0.29) is 6.16 Å². The largest absolute Gasteiger partial charge is 0.325 e. The third kappa shape index (κ3) is 7.36. The zero-order valence-electron chi connectivity index (χ0n) is 17.5. The Kier molecular flexibility index (Phi) is 8.62. The minimum Gasteiger partial charge on any atom is -0.324 e. The first-order valence-corrected chi connectivity index (χ1v) is 12.8. The summed E-state index contributed by atoms with van der Waals surface area (Å²) in [6.07, 6.45) is 10.9. The van der Waals surface area contributed by atoms with Crippen molar-refractivity contribution < 1.29 is 14.4 Å². The van der Waals surface area contributed by atoms with E-state index in [0.29, 0.717) is 6.42 Å². The fourth-order valence-electron chi connectivity index (χ4n) is 3.99. The summed E-state index contributed by atoms with van der Waals surface area (Å²) in [4.78, 5) is 22.6. The Hall–Kier alpha value is -2.00. The summed E-state index contributed by atoms with van der Waals surface area (Å²) in [5, 5.41) is 1.24. The van der Waals surface area contributed by atoms with E-state index >= 15 is 0 Å². The molecule has 0 aliphatic carbocycles. The van der Waals surface area contributed by atoms with E-state index in [1.165, 1.54) is 41.3 Å². The van der Waals surface area contributed by atoms with Gasteiger partial charge in [0.05, 0.1) is 5.52 Å². The van der Waals surface area contributed by atoms with Gasteiger partial charge in [-0.2, -0.15) is 0 Å². The van der Waals surface area contributed by atoms with E-state index < -0.39 is 7.60 Å². The predicted octanol–water partition coefficient (Wildman–Crippen LogP) is 6.08. The zero-order chi connectivity index (χ0) is 21.2. The molecule has 0 saturated heterocycles. The van der Waals surface area contributed by atoms with Gasteiger partial charge in [0.1, 0.15) is 0 Å². The van der Waals surface area contributed by atoms with Crippen LogP contribution in [-0.2, 0) is 23.8 Å². The Morgan fingerprint density at radius 1 is 0.700 bits per heavy atom. The van der Waals surface area contributed by atoms with Gasteiger partial charge in [-0.15, -0.1) is 0 Å². The Bertz CT molecular complexity index is 969. The van der Waals surface area contributed by atoms with Crippen molar-refractivity contribution in [2.75, 3.05) is 6.16 Å². The molecule has 30 heavy (non-hydrogen) atoms. The first-order chi connectivity index (χ1) is 14.5. The summed E-state index contributed by atoms with van der Waals surface area (Å²) in [7, 11) is -3.87. The molecule has 0 aliphatic heterocycles. The Morgan fingerprint density at radius 2 is 1.37 bits per heavy atom. The van der Waals surface area contributed by atoms with Gasteiger partial charge in [0, 0.05) is 17.7 Å². The van der Waals surface area contributed by atoms with Crippen LogP contribution in [0.5, 0.6) is 0 Å². The van der Waals surface area contributed by atoms with Crippen LogP contribution in [-0.4, -0.2) is 20.9 Å². The van der Waals surface area contributed by atoms with Crippen LogP contribution in [0.15, 0.2) is 60.8 Å². The number of rotatable bonds is 12. The molecule has 1 heterocycles. The third-order valence-corrected chi connectivity index (χ3v) is 6.49. The van der Waals surface area contributed by atoms with Gasteiger partial charge in [0.25, 0.3) is 0 Å². The highest BCUT2D eigenvalue weighted by atomic mass is 31.2. The van der Waals surface area contributed by atoms with Gasteiger partial charge in [-0.3, -0.25) is 9.55 Å². The lowest BCUT2D eigenvalue weighted by molar-refractivity contribution is 0.371. The highest BCUT2D eigenvalue weighted by Crippen LogP contribution is 2.35. The van der Waals surface area contributed by atoms with Crippen molar-refractivity contribution >= 4 is 18.5 Å². The van der Waals surface area contributed by atoms with Crippen molar-refractivity contribution in [2.24, 2.45) is 0 Å². The van der Waals surface area contributed by atoms with Crippen LogP contribution in [0.3, 0.4) is 0 Å². The summed E-state index contributed by atoms with van der Waals surface area (Å²) in [5.41, 5.74) is 5.09. The number of pyridine rings is 1. The summed E-state index contributed by atoms with van der Waals surface area (Å²) < 4.78 is 11.0. The number of aryl methyl sites for hydroxylation is 3. The number of aromatic nitrogens is 1. The fraction of sp³-hybridized carbons (Fsp3) is 0.400. The second-order valence-electron chi connectivity index (χ2n) is 8.03. The number of hydrogen-bond donors (Lipinski definition) is 2. The molecule has 2 aromatic carbocycles. The predicted molar refractivity (Wildman–Crippen MR) is 124 cm³/mol. The molecule has 3 rings (SSSR count). The molecule has 0 spiro atoms. The number of nitrogens with zero attached hydrogens (tertiary/aromatic N) is 1. The van der Waals surface area contributed by atoms with E-state index in [4.69, 9.17) is 9.79 Å². The van der Waals surface area contributed by atoms with Crippen molar-refractivity contribution in [3.8, 4) is 0 Å². The standard InChI is InChI=1S/C25H32NO3P/c27-30(28,29)20-9-3-8-15-23-18-17-22(24-16-10-19-26-25(23)24)14-7-2-6-13-21-11-4-1-5-12-21/h1,4-5,10-12,16-19H,2-3,6-9,13-15,20H2,(H2,27,28,29). The van der Waals surface area contributed by atoms with Crippen LogP contribution >= 0.6 is 7.60 Å². The smallest absolute Gasteiger partial charge is 0.324 e. The minimum atomic E-state index is -3.87. The fourth-order valence-corrected chi connectivity index (χ4v) is 4.62. The molecular formula is C25H32NO3P. The first-order valence-electron chi connectivity index (χ1n) is 11.0. The molecule has 0 bridgehead atoms. The van der Waals surface area contributed by atoms with E-state index in [1.54, 1.807) is 0 Å². The van der Waals surface area contributed by atoms with Crippen LogP contribution < -0.4 is 0 Å². The number of fused-ring (bicyclic) bond motifs is 1. The summed E-state index contributed by atoms with van der Waals surface area (Å²) in [6, 6.07) is 19.3. The molecule has 3 aromatic rings. The molecule has 160 valence electrons. The number of unbranched alkanes of at least 4 members (excludes halogenated alkanes) is 4. The van der Waals surface area contributed by atoms with Gasteiger partial charge in [-0.25, -0.2) is 0 Å². The van der Waals surface area contributed by atoms with E-state index in [0.717, 1.165) is 37.6 Å². The molecule has 0 radical (unpaired) electrons.